The van der Waals surface area contributed by atoms with Crippen molar-refractivity contribution in [2.75, 3.05) is 0 Å². The van der Waals surface area contributed by atoms with E-state index in [4.69, 9.17) is 0 Å². The van der Waals surface area contributed by atoms with Crippen LogP contribution in [-0.4, -0.2) is 19.2 Å². The molecule has 0 saturated heterocycles. The van der Waals surface area contributed by atoms with Crippen molar-refractivity contribution >= 4 is 16.6 Å². The van der Waals surface area contributed by atoms with Crippen LogP contribution in [0, 0.1) is 0 Å². The van der Waals surface area contributed by atoms with Crippen molar-refractivity contribution in [3.63, 3.8) is 0 Å². The molecule has 0 aliphatic carbocycles. The van der Waals surface area contributed by atoms with Gasteiger partial charge >= 0.3 is 0 Å². The van der Waals surface area contributed by atoms with Crippen molar-refractivity contribution in [2.24, 2.45) is 7.05 Å². The number of pyridine rings is 1. The molecule has 0 aliphatic heterocycles. The summed E-state index contributed by atoms with van der Waals surface area (Å²) in [6.45, 7) is 0. The minimum Gasteiger partial charge on any atom is -0.296 e. The first-order valence-electron chi connectivity index (χ1n) is 6.63. The number of nitrogens with zero attached hydrogens (tertiary/aromatic N) is 4. The molecule has 3 aromatic heterocycles. The SMILES string of the molecule is Cn1c(=O)c2ccccc2n2nc(-c3ccncc3)cc12. The van der Waals surface area contributed by atoms with Crippen LogP contribution in [0.3, 0.4) is 0 Å². The highest BCUT2D eigenvalue weighted by atomic mass is 16.1. The van der Waals surface area contributed by atoms with Gasteiger partial charge in [0.15, 0.2) is 0 Å². The van der Waals surface area contributed by atoms with Crippen LogP contribution in [0.2, 0.25) is 0 Å². The van der Waals surface area contributed by atoms with Gasteiger partial charge in [-0.15, -0.1) is 0 Å². The van der Waals surface area contributed by atoms with Crippen molar-refractivity contribution in [1.29, 1.82) is 0 Å². The Kier molecular flexibility index (Phi) is 2.41. The summed E-state index contributed by atoms with van der Waals surface area (Å²) in [5.41, 5.74) is 3.37. The average Bonchev–Trinajstić information content (AvgIpc) is 2.99. The second-order valence-electron chi connectivity index (χ2n) is 4.92. The number of fused-ring (bicyclic) bond motifs is 3. The van der Waals surface area contributed by atoms with Crippen LogP contribution in [0.15, 0.2) is 59.7 Å². The van der Waals surface area contributed by atoms with Crippen LogP contribution in [-0.2, 0) is 7.05 Å². The number of benzene rings is 1. The van der Waals surface area contributed by atoms with E-state index in [1.165, 1.54) is 0 Å². The largest absolute Gasteiger partial charge is 0.296 e. The topological polar surface area (TPSA) is 52.2 Å². The van der Waals surface area contributed by atoms with E-state index < -0.39 is 0 Å². The van der Waals surface area contributed by atoms with Gasteiger partial charge in [0.05, 0.1) is 16.6 Å². The van der Waals surface area contributed by atoms with Gasteiger partial charge in [0, 0.05) is 31.1 Å². The lowest BCUT2D eigenvalue weighted by molar-refractivity contribution is 0.850. The standard InChI is InChI=1S/C16H12N4O/c1-19-15-10-13(11-6-8-17-9-7-11)18-20(15)14-5-3-2-4-12(14)16(19)21/h2-10H,1H3. The fourth-order valence-electron chi connectivity index (χ4n) is 2.58. The molecule has 0 aliphatic rings. The summed E-state index contributed by atoms with van der Waals surface area (Å²) in [6.07, 6.45) is 3.47. The third kappa shape index (κ3) is 1.67. The number of para-hydroxylation sites is 1. The molecule has 0 bridgehead atoms. The number of aryl methyl sites for hydroxylation is 1. The quantitative estimate of drug-likeness (QED) is 0.536. The first-order chi connectivity index (χ1) is 10.3. The number of rotatable bonds is 1. The molecule has 0 atom stereocenters. The molecule has 1 aromatic carbocycles. The van der Waals surface area contributed by atoms with Crippen LogP contribution in [0.5, 0.6) is 0 Å². The fraction of sp³-hybridized carbons (Fsp3) is 0.0625. The number of hydrogen-bond donors (Lipinski definition) is 0. The summed E-state index contributed by atoms with van der Waals surface area (Å²) in [6, 6.07) is 13.2. The number of aromatic nitrogens is 4. The first-order valence-corrected chi connectivity index (χ1v) is 6.63. The average molecular weight is 276 g/mol. The Hall–Kier alpha value is -2.95. The molecule has 5 heteroatoms. The van der Waals surface area contributed by atoms with E-state index in [0.717, 1.165) is 22.4 Å². The van der Waals surface area contributed by atoms with Crippen LogP contribution >= 0.6 is 0 Å². The van der Waals surface area contributed by atoms with E-state index in [1.54, 1.807) is 24.0 Å². The molecule has 21 heavy (non-hydrogen) atoms. The van der Waals surface area contributed by atoms with Crippen LogP contribution < -0.4 is 5.56 Å². The second-order valence-corrected chi connectivity index (χ2v) is 4.92. The zero-order valence-corrected chi connectivity index (χ0v) is 11.4. The maximum absolute atomic E-state index is 12.4. The summed E-state index contributed by atoms with van der Waals surface area (Å²) in [4.78, 5) is 16.4. The molecule has 0 unspecified atom stereocenters. The lowest BCUT2D eigenvalue weighted by Crippen LogP contribution is -2.19. The molecule has 0 saturated carbocycles. The highest BCUT2D eigenvalue weighted by molar-refractivity contribution is 5.81. The molecule has 102 valence electrons. The molecule has 0 fully saturated rings. The lowest BCUT2D eigenvalue weighted by Gasteiger charge is -2.05. The Morgan fingerprint density at radius 1 is 1.05 bits per heavy atom. The second kappa shape index (κ2) is 4.28. The zero-order chi connectivity index (χ0) is 14.4. The molecule has 0 radical (unpaired) electrons. The summed E-state index contributed by atoms with van der Waals surface area (Å²) in [5, 5.41) is 5.31. The molecule has 0 N–H and O–H groups in total. The van der Waals surface area contributed by atoms with Gasteiger partial charge in [0.2, 0.25) is 0 Å². The van der Waals surface area contributed by atoms with Crippen molar-refractivity contribution < 1.29 is 0 Å². The fourth-order valence-corrected chi connectivity index (χ4v) is 2.58. The minimum absolute atomic E-state index is 0.0146. The van der Waals surface area contributed by atoms with Gasteiger partial charge in [-0.3, -0.25) is 14.3 Å². The van der Waals surface area contributed by atoms with Crippen molar-refractivity contribution in [3.05, 3.63) is 65.2 Å². The summed E-state index contributed by atoms with van der Waals surface area (Å²) >= 11 is 0. The Balaban J connectivity index is 2.15. The molecule has 0 spiro atoms. The Labute approximate surface area is 120 Å². The third-order valence-electron chi connectivity index (χ3n) is 3.68. The lowest BCUT2D eigenvalue weighted by atomic mass is 10.2. The molecular formula is C16H12N4O. The van der Waals surface area contributed by atoms with Gasteiger partial charge < -0.3 is 0 Å². The minimum atomic E-state index is -0.0146. The molecule has 5 nitrogen and oxygen atoms in total. The predicted octanol–water partition coefficient (Wildman–Crippen LogP) is 2.25. The van der Waals surface area contributed by atoms with E-state index in [0.29, 0.717) is 5.39 Å². The highest BCUT2D eigenvalue weighted by Gasteiger charge is 2.12. The maximum Gasteiger partial charge on any atom is 0.261 e. The molecule has 0 amide bonds. The predicted molar refractivity (Wildman–Crippen MR) is 81.2 cm³/mol. The Bertz CT molecular complexity index is 1010. The molecule has 4 aromatic rings. The third-order valence-corrected chi connectivity index (χ3v) is 3.68. The summed E-state index contributed by atoms with van der Waals surface area (Å²) < 4.78 is 3.44. The van der Waals surface area contributed by atoms with Crippen LogP contribution in [0.4, 0.5) is 0 Å². The summed E-state index contributed by atoms with van der Waals surface area (Å²) in [5.74, 6) is 0. The Morgan fingerprint density at radius 2 is 1.81 bits per heavy atom. The van der Waals surface area contributed by atoms with E-state index in [-0.39, 0.29) is 5.56 Å². The number of hydrogen-bond acceptors (Lipinski definition) is 3. The van der Waals surface area contributed by atoms with Gasteiger partial charge in [-0.25, -0.2) is 4.52 Å². The van der Waals surface area contributed by atoms with Crippen LogP contribution in [0.1, 0.15) is 0 Å². The van der Waals surface area contributed by atoms with Crippen LogP contribution in [0.25, 0.3) is 27.8 Å². The van der Waals surface area contributed by atoms with Gasteiger partial charge in [0.1, 0.15) is 5.65 Å². The Morgan fingerprint density at radius 3 is 2.62 bits per heavy atom. The molecular weight excluding hydrogens is 264 g/mol. The molecule has 3 heterocycles. The van der Waals surface area contributed by atoms with E-state index in [9.17, 15) is 4.79 Å². The smallest absolute Gasteiger partial charge is 0.261 e. The first kappa shape index (κ1) is 11.8. The van der Waals surface area contributed by atoms with Gasteiger partial charge in [0.25, 0.3) is 5.56 Å². The van der Waals surface area contributed by atoms with E-state index in [1.807, 2.05) is 47.0 Å². The summed E-state index contributed by atoms with van der Waals surface area (Å²) in [7, 11) is 1.77. The normalized spacial score (nSPS) is 11.3. The van der Waals surface area contributed by atoms with E-state index >= 15 is 0 Å². The molecule has 4 rings (SSSR count). The highest BCUT2D eigenvalue weighted by Crippen LogP contribution is 2.20. The monoisotopic (exact) mass is 276 g/mol. The van der Waals surface area contributed by atoms with E-state index in [2.05, 4.69) is 10.1 Å². The van der Waals surface area contributed by atoms with Crippen molar-refractivity contribution in [3.8, 4) is 11.3 Å². The van der Waals surface area contributed by atoms with Gasteiger partial charge in [-0.05, 0) is 24.3 Å². The van der Waals surface area contributed by atoms with Gasteiger partial charge in [-0.1, -0.05) is 12.1 Å². The van der Waals surface area contributed by atoms with Gasteiger partial charge in [-0.2, -0.15) is 5.10 Å². The van der Waals surface area contributed by atoms with Crippen molar-refractivity contribution in [1.82, 2.24) is 19.2 Å². The zero-order valence-electron chi connectivity index (χ0n) is 11.4. The van der Waals surface area contributed by atoms with Crippen molar-refractivity contribution in [2.45, 2.75) is 0 Å². The maximum atomic E-state index is 12.4.